The van der Waals surface area contributed by atoms with Crippen molar-refractivity contribution in [1.82, 2.24) is 39.0 Å². The van der Waals surface area contributed by atoms with E-state index in [1.807, 2.05) is 55.5 Å². The highest BCUT2D eigenvalue weighted by Gasteiger charge is 2.49. The fraction of sp³-hybridized carbons (Fsp3) is 0.464. The van der Waals surface area contributed by atoms with Crippen molar-refractivity contribution in [3.63, 3.8) is 0 Å². The number of nitrogens with zero attached hydrogens (tertiary/aromatic N) is 8. The number of amides is 4. The Hall–Kier alpha value is -6.56. The third-order valence-corrected chi connectivity index (χ3v) is 16.5. The average Bonchev–Trinajstić information content (AvgIpc) is 3.81. The number of benzene rings is 2. The van der Waals surface area contributed by atoms with Crippen LogP contribution in [0.15, 0.2) is 71.8 Å². The van der Waals surface area contributed by atoms with Crippen molar-refractivity contribution >= 4 is 51.6 Å². The van der Waals surface area contributed by atoms with Gasteiger partial charge < -0.3 is 14.8 Å². The number of carbonyl (C=O) groups excluding carboxylic acids is 4. The van der Waals surface area contributed by atoms with E-state index in [1.54, 1.807) is 24.2 Å². The molecule has 2 N–H and O–H groups in total. The van der Waals surface area contributed by atoms with Gasteiger partial charge in [0.1, 0.15) is 17.5 Å². The molecule has 0 radical (unpaired) electrons. The highest BCUT2D eigenvalue weighted by molar-refractivity contribution is 6.13. The number of piperidine rings is 2. The molecule has 0 bridgehead atoms. The number of nitrogens with one attached hydrogen (secondary N) is 2. The van der Waals surface area contributed by atoms with Crippen LogP contribution in [-0.4, -0.2) is 129 Å². The van der Waals surface area contributed by atoms with Crippen LogP contribution in [0.4, 0.5) is 20.2 Å². The summed E-state index contributed by atoms with van der Waals surface area (Å²) in [5, 5.41) is 5.85. The molecule has 3 fully saturated rings. The van der Waals surface area contributed by atoms with E-state index < -0.39 is 23.2 Å². The minimum Gasteiger partial charge on any atom is -0.386 e. The summed E-state index contributed by atoms with van der Waals surface area (Å²) in [7, 11) is 3.51. The fourth-order valence-electron chi connectivity index (χ4n) is 12.2. The number of halogens is 2. The van der Waals surface area contributed by atoms with Gasteiger partial charge in [0, 0.05) is 132 Å². The predicted molar refractivity (Wildman–Crippen MR) is 278 cm³/mol. The Bertz CT molecular complexity index is 3110. The van der Waals surface area contributed by atoms with Crippen LogP contribution >= 0.6 is 0 Å². The van der Waals surface area contributed by atoms with Gasteiger partial charge in [-0.15, -0.1) is 0 Å². The first-order valence-corrected chi connectivity index (χ1v) is 25.8. The summed E-state index contributed by atoms with van der Waals surface area (Å²) in [4.78, 5) is 80.6. The van der Waals surface area contributed by atoms with Gasteiger partial charge in [0.15, 0.2) is 5.82 Å². The summed E-state index contributed by atoms with van der Waals surface area (Å²) < 4.78 is 34.3. The van der Waals surface area contributed by atoms with Crippen molar-refractivity contribution in [3.8, 4) is 5.69 Å². The monoisotopic (exact) mass is 997 g/mol. The van der Waals surface area contributed by atoms with E-state index >= 15 is 4.39 Å². The lowest BCUT2D eigenvalue weighted by molar-refractivity contribution is -0.136. The molecule has 3 aromatic heterocycles. The van der Waals surface area contributed by atoms with Crippen molar-refractivity contribution in [2.24, 2.45) is 13.0 Å². The number of rotatable bonds is 11. The highest BCUT2D eigenvalue weighted by Crippen LogP contribution is 2.44. The second kappa shape index (κ2) is 19.7. The molecule has 10 rings (SSSR count). The number of carbonyl (C=O) groups is 4. The summed E-state index contributed by atoms with van der Waals surface area (Å²) in [6.45, 7) is 17.1. The zero-order valence-electron chi connectivity index (χ0n) is 42.9. The predicted octanol–water partition coefficient (Wildman–Crippen LogP) is 6.69. The molecule has 3 atom stereocenters. The number of pyridine rings is 2. The molecule has 17 heteroatoms. The molecule has 0 aliphatic carbocycles. The summed E-state index contributed by atoms with van der Waals surface area (Å²) in [5.41, 5.74) is 6.57. The lowest BCUT2D eigenvalue weighted by atomic mass is 9.85. The van der Waals surface area contributed by atoms with Gasteiger partial charge >= 0.3 is 0 Å². The molecular weight excluding hydrogens is 931 g/mol. The molecule has 2 aromatic carbocycles. The molecular formula is C56H66F2N10O5. The zero-order valence-corrected chi connectivity index (χ0v) is 42.9. The number of aryl methyl sites for hydroxylation is 2. The van der Waals surface area contributed by atoms with Crippen molar-refractivity contribution in [1.29, 1.82) is 0 Å². The number of hydrogen-bond acceptors (Lipinski definition) is 10. The Morgan fingerprint density at radius 2 is 1.71 bits per heavy atom. The van der Waals surface area contributed by atoms with Gasteiger partial charge in [-0.1, -0.05) is 18.2 Å². The molecule has 3 saturated heterocycles. The van der Waals surface area contributed by atoms with E-state index in [2.05, 4.69) is 62.4 Å². The number of aromatic nitrogens is 3. The third kappa shape index (κ3) is 9.28. The standard InChI is InChI=1S/C56H66F2N10O5/c1-33-24-39(26-42(57)51(33)38-15-20-64(21-16-38)35(3)48-27-40-45(12-17-60-52(40)62(48)7)67-32-43(58)44(59-6)28-50(67)70)54(72)65-18-13-36(14-19-65)31-66-23-22-63(29-34(66)2)30-37-8-9-46-41(25-37)56(4,5)55(73)68(46)47-10-11-49(69)61-53(47)71/h8-9,12,15,17,24-28,32,34-36,47,59H,10-11,13-14,16,18-23,29-31H2,1-7H3,(H,61,69,71)/t34-,35-,47-/m0/s1. The van der Waals surface area contributed by atoms with Gasteiger partial charge in [-0.3, -0.25) is 53.5 Å². The number of imide groups is 1. The van der Waals surface area contributed by atoms with Gasteiger partial charge in [0.05, 0.1) is 23.0 Å². The lowest BCUT2D eigenvalue weighted by Gasteiger charge is -2.42. The molecule has 5 aliphatic rings. The topological polar surface area (TPSA) is 148 Å². The Kier molecular flexibility index (Phi) is 13.5. The summed E-state index contributed by atoms with van der Waals surface area (Å²) >= 11 is 0. The zero-order chi connectivity index (χ0) is 51.6. The lowest BCUT2D eigenvalue weighted by Crippen LogP contribution is -2.55. The van der Waals surface area contributed by atoms with Crippen LogP contribution < -0.4 is 21.1 Å². The van der Waals surface area contributed by atoms with Crippen LogP contribution in [-0.2, 0) is 33.4 Å². The molecule has 15 nitrogen and oxygen atoms in total. The normalized spacial score (nSPS) is 21.7. The second-order valence-corrected chi connectivity index (χ2v) is 21.4. The molecule has 384 valence electrons. The Morgan fingerprint density at radius 1 is 0.932 bits per heavy atom. The molecule has 73 heavy (non-hydrogen) atoms. The van der Waals surface area contributed by atoms with E-state index in [0.29, 0.717) is 73.4 Å². The minimum absolute atomic E-state index is 0.0469. The second-order valence-electron chi connectivity index (χ2n) is 21.4. The van der Waals surface area contributed by atoms with Gasteiger partial charge in [-0.25, -0.2) is 13.8 Å². The highest BCUT2D eigenvalue weighted by atomic mass is 19.1. The van der Waals surface area contributed by atoms with E-state index in [4.69, 9.17) is 0 Å². The molecule has 0 spiro atoms. The van der Waals surface area contributed by atoms with Crippen LogP contribution in [0.25, 0.3) is 22.3 Å². The largest absolute Gasteiger partial charge is 0.386 e. The maximum Gasteiger partial charge on any atom is 0.257 e. The van der Waals surface area contributed by atoms with Gasteiger partial charge in [-0.2, -0.15) is 0 Å². The maximum absolute atomic E-state index is 16.2. The first-order valence-electron chi connectivity index (χ1n) is 25.8. The van der Waals surface area contributed by atoms with Gasteiger partial charge in [-0.05, 0) is 119 Å². The number of anilines is 2. The van der Waals surface area contributed by atoms with Crippen molar-refractivity contribution < 1.29 is 28.0 Å². The number of piperazine rings is 1. The van der Waals surface area contributed by atoms with Crippen molar-refractivity contribution in [3.05, 3.63) is 123 Å². The number of fused-ring (bicyclic) bond motifs is 2. The summed E-state index contributed by atoms with van der Waals surface area (Å²) in [5.74, 6) is -1.44. The quantitative estimate of drug-likeness (QED) is 0.137. The average molecular weight is 997 g/mol. The molecule has 0 unspecified atom stereocenters. The Morgan fingerprint density at radius 3 is 2.41 bits per heavy atom. The van der Waals surface area contributed by atoms with Crippen molar-refractivity contribution in [2.75, 3.05) is 69.6 Å². The fourth-order valence-corrected chi connectivity index (χ4v) is 12.2. The minimum atomic E-state index is -0.788. The van der Waals surface area contributed by atoms with E-state index in [0.717, 1.165) is 84.6 Å². The van der Waals surface area contributed by atoms with E-state index in [-0.39, 0.29) is 47.2 Å². The molecule has 5 aromatic rings. The summed E-state index contributed by atoms with van der Waals surface area (Å²) in [6.07, 6.45) is 7.83. The van der Waals surface area contributed by atoms with Crippen LogP contribution in [0.2, 0.25) is 0 Å². The van der Waals surface area contributed by atoms with Crippen LogP contribution in [0.1, 0.15) is 104 Å². The molecule has 0 saturated carbocycles. The Balaban J connectivity index is 0.719. The molecule has 8 heterocycles. The van der Waals surface area contributed by atoms with E-state index in [1.165, 1.54) is 22.9 Å². The third-order valence-electron chi connectivity index (χ3n) is 16.5. The van der Waals surface area contributed by atoms with Crippen LogP contribution in [0, 0.1) is 24.5 Å². The Labute approximate surface area is 424 Å². The van der Waals surface area contributed by atoms with Crippen molar-refractivity contribution in [2.45, 2.75) is 96.8 Å². The smallest absolute Gasteiger partial charge is 0.257 e. The van der Waals surface area contributed by atoms with Crippen LogP contribution in [0.3, 0.4) is 0 Å². The SMILES string of the molecule is CNc1cc(=O)n(-c2ccnc3c2cc([C@H](C)N2CC=C(c4c(C)cc(C(=O)N5CCC(CN6CCN(Cc7ccc8c(c7)C(C)(C)C(=O)N8[C@H]7CCC(=O)NC7=O)C[C@@H]6C)CC5)cc4F)CC2)n3C)cc1F. The van der Waals surface area contributed by atoms with Gasteiger partial charge in [0.2, 0.25) is 17.7 Å². The van der Waals surface area contributed by atoms with E-state index in [9.17, 15) is 28.4 Å². The first kappa shape index (κ1) is 50.0. The first-order chi connectivity index (χ1) is 34.9. The maximum atomic E-state index is 16.2. The molecule has 4 amide bonds. The van der Waals surface area contributed by atoms with Crippen LogP contribution in [0.5, 0.6) is 0 Å². The number of likely N-dealkylation sites (tertiary alicyclic amines) is 1. The number of hydrogen-bond donors (Lipinski definition) is 2. The molecule has 5 aliphatic heterocycles. The summed E-state index contributed by atoms with van der Waals surface area (Å²) in [6, 6.07) is 14.0. The van der Waals surface area contributed by atoms with Gasteiger partial charge in [0.25, 0.3) is 11.5 Å².